The van der Waals surface area contributed by atoms with Gasteiger partial charge in [-0.05, 0) is 88.0 Å². The van der Waals surface area contributed by atoms with Crippen LogP contribution in [0.2, 0.25) is 0 Å². The fourth-order valence-corrected chi connectivity index (χ4v) is 7.91. The third kappa shape index (κ3) is 6.29. The molecule has 3 aromatic carbocycles. The van der Waals surface area contributed by atoms with Crippen LogP contribution in [0.25, 0.3) is 11.8 Å². The van der Waals surface area contributed by atoms with E-state index in [0.29, 0.717) is 43.4 Å². The molecule has 1 aliphatic rings. The highest BCUT2D eigenvalue weighted by atomic mass is 127. The molecule has 11 heteroatoms. The highest BCUT2D eigenvalue weighted by Crippen LogP contribution is 2.38. The lowest BCUT2D eigenvalue weighted by molar-refractivity contribution is -0.138. The maximum absolute atomic E-state index is 14.3. The maximum Gasteiger partial charge on any atom is 0.338 e. The predicted octanol–water partition coefficient (Wildman–Crippen LogP) is 5.17. The van der Waals surface area contributed by atoms with Crippen LogP contribution >= 0.6 is 56.5 Å². The number of hydrogen-bond acceptors (Lipinski definition) is 8. The minimum absolute atomic E-state index is 0.0846. The first-order valence-electron chi connectivity index (χ1n) is 13.4. The summed E-state index contributed by atoms with van der Waals surface area (Å²) in [6, 6.07) is 17.7. The Kier molecular flexibility index (Phi) is 10.1. The van der Waals surface area contributed by atoms with E-state index in [9.17, 15) is 9.59 Å². The van der Waals surface area contributed by atoms with Gasteiger partial charge in [0.25, 0.3) is 5.56 Å². The van der Waals surface area contributed by atoms with Gasteiger partial charge in [0, 0.05) is 14.7 Å². The van der Waals surface area contributed by atoms with Crippen LogP contribution in [0.4, 0.5) is 0 Å². The molecule has 0 aliphatic carbocycles. The number of carbonyl (C=O) groups excluding carboxylic acids is 1. The highest BCUT2D eigenvalue weighted by Gasteiger charge is 2.35. The number of aromatic nitrogens is 1. The van der Waals surface area contributed by atoms with E-state index in [1.165, 1.54) is 23.0 Å². The highest BCUT2D eigenvalue weighted by molar-refractivity contribution is 14.1. The molecule has 0 saturated heterocycles. The molecule has 5 rings (SSSR count). The summed E-state index contributed by atoms with van der Waals surface area (Å²) < 4.78 is 26.3. The molecule has 0 radical (unpaired) electrons. The summed E-state index contributed by atoms with van der Waals surface area (Å²) in [6.45, 7) is 1.98. The number of benzene rings is 3. The number of nitrogens with zero attached hydrogens (tertiary/aromatic N) is 2. The second-order valence-electron chi connectivity index (χ2n) is 9.34. The van der Waals surface area contributed by atoms with Gasteiger partial charge in [-0.25, -0.2) is 9.79 Å². The molecule has 4 aromatic rings. The van der Waals surface area contributed by atoms with Crippen molar-refractivity contribution >= 4 is 74.3 Å². The van der Waals surface area contributed by atoms with Crippen molar-refractivity contribution < 1.29 is 23.7 Å². The van der Waals surface area contributed by atoms with E-state index in [2.05, 4.69) is 51.1 Å². The lowest BCUT2D eigenvalue weighted by atomic mass is 9.93. The smallest absolute Gasteiger partial charge is 0.338 e. The average Bonchev–Trinajstić information content (AvgIpc) is 3.34. The summed E-state index contributed by atoms with van der Waals surface area (Å²) in [5, 5.41) is 0. The Labute approximate surface area is 285 Å². The number of thiazole rings is 1. The number of rotatable bonds is 9. The summed E-state index contributed by atoms with van der Waals surface area (Å²) in [4.78, 5) is 33.4. The first-order valence-corrected chi connectivity index (χ1v) is 16.3. The fraction of sp³-hybridized carbons (Fsp3) is 0.182. The largest absolute Gasteiger partial charge is 0.493 e. The normalized spacial score (nSPS) is 14.4. The minimum Gasteiger partial charge on any atom is -0.493 e. The van der Waals surface area contributed by atoms with Gasteiger partial charge in [0.1, 0.15) is 12.4 Å². The van der Waals surface area contributed by atoms with E-state index in [-0.39, 0.29) is 24.3 Å². The molecular formula is C33H26I2N2O6S. The molecule has 0 bridgehead atoms. The Balaban J connectivity index is 1.85. The van der Waals surface area contributed by atoms with Gasteiger partial charge in [-0.3, -0.25) is 9.36 Å². The van der Waals surface area contributed by atoms with Crippen LogP contribution in [0.3, 0.4) is 0 Å². The number of ether oxygens (including phenoxy) is 4. The number of carbonyl (C=O) groups is 1. The van der Waals surface area contributed by atoms with Gasteiger partial charge in [-0.1, -0.05) is 53.7 Å². The summed E-state index contributed by atoms with van der Waals surface area (Å²) >= 11 is 5.64. The number of esters is 1. The van der Waals surface area contributed by atoms with Crippen LogP contribution < -0.4 is 29.1 Å². The topological polar surface area (TPSA) is 88.3 Å². The predicted molar refractivity (Wildman–Crippen MR) is 187 cm³/mol. The number of methoxy groups -OCH3 is 2. The molecule has 0 N–H and O–H groups in total. The molecular weight excluding hydrogens is 806 g/mol. The van der Waals surface area contributed by atoms with Crippen molar-refractivity contribution in [2.45, 2.75) is 13.0 Å². The molecule has 8 nitrogen and oxygen atoms in total. The molecule has 44 heavy (non-hydrogen) atoms. The van der Waals surface area contributed by atoms with Crippen molar-refractivity contribution in [1.29, 1.82) is 0 Å². The monoisotopic (exact) mass is 832 g/mol. The molecule has 0 amide bonds. The molecule has 2 heterocycles. The zero-order valence-electron chi connectivity index (χ0n) is 23.9. The Morgan fingerprint density at radius 3 is 2.52 bits per heavy atom. The van der Waals surface area contributed by atoms with Crippen molar-refractivity contribution in [3.05, 3.63) is 110 Å². The Morgan fingerprint density at radius 2 is 1.84 bits per heavy atom. The van der Waals surface area contributed by atoms with Crippen molar-refractivity contribution in [2.24, 2.45) is 4.99 Å². The molecule has 0 saturated carbocycles. The summed E-state index contributed by atoms with van der Waals surface area (Å²) in [5.74, 6) is 3.49. The quantitative estimate of drug-likeness (QED) is 0.132. The second kappa shape index (κ2) is 14.0. The average molecular weight is 832 g/mol. The molecule has 1 aliphatic heterocycles. The Morgan fingerprint density at radius 1 is 1.09 bits per heavy atom. The third-order valence-electron chi connectivity index (χ3n) is 6.72. The number of hydrogen-bond donors (Lipinski definition) is 0. The van der Waals surface area contributed by atoms with Crippen molar-refractivity contribution in [1.82, 2.24) is 4.57 Å². The van der Waals surface area contributed by atoms with Crippen molar-refractivity contribution in [3.63, 3.8) is 0 Å². The molecule has 224 valence electrons. The van der Waals surface area contributed by atoms with Gasteiger partial charge in [0.2, 0.25) is 0 Å². The molecule has 0 spiro atoms. The zero-order chi connectivity index (χ0) is 31.4. The Hall–Kier alpha value is -3.61. The van der Waals surface area contributed by atoms with Gasteiger partial charge in [0.05, 0.1) is 46.2 Å². The van der Waals surface area contributed by atoms with Gasteiger partial charge in [-0.15, -0.1) is 6.42 Å². The number of fused-ring (bicyclic) bond motifs is 1. The minimum atomic E-state index is -0.865. The lowest BCUT2D eigenvalue weighted by Crippen LogP contribution is -2.40. The van der Waals surface area contributed by atoms with E-state index >= 15 is 0 Å². The fourth-order valence-electron chi connectivity index (χ4n) is 4.87. The molecule has 1 aromatic heterocycles. The van der Waals surface area contributed by atoms with Gasteiger partial charge in [-0.2, -0.15) is 0 Å². The second-order valence-corrected chi connectivity index (χ2v) is 12.8. The summed E-state index contributed by atoms with van der Waals surface area (Å²) in [6.07, 6.45) is 7.25. The summed E-state index contributed by atoms with van der Waals surface area (Å²) in [7, 11) is 3.08. The van der Waals surface area contributed by atoms with Gasteiger partial charge < -0.3 is 18.9 Å². The van der Waals surface area contributed by atoms with E-state index in [1.54, 1.807) is 32.2 Å². The van der Waals surface area contributed by atoms with Crippen LogP contribution in [-0.4, -0.2) is 38.0 Å². The van der Waals surface area contributed by atoms with Gasteiger partial charge >= 0.3 is 5.97 Å². The molecule has 0 unspecified atom stereocenters. The third-order valence-corrected chi connectivity index (χ3v) is 9.13. The zero-order valence-corrected chi connectivity index (χ0v) is 29.1. The number of halogens is 2. The van der Waals surface area contributed by atoms with E-state index in [1.807, 2.05) is 48.5 Å². The van der Waals surface area contributed by atoms with Crippen molar-refractivity contribution in [3.8, 4) is 29.6 Å². The van der Waals surface area contributed by atoms with Crippen LogP contribution in [0.15, 0.2) is 76.0 Å². The molecule has 1 atom stereocenters. The molecule has 0 fully saturated rings. The SMILES string of the molecule is C#CCOc1c(I)cc(I)cc1/C=c1\sc2n(c1=O)[C@H](c1ccc(OC)c(OC)c1)C(C(=O)OCC)=C(c1ccccc1)N=2. The standard InChI is InChI=1S/C33H26I2N2O6S/c1-5-14-43-30-21(15-22(34)18-23(30)35)17-26-31(38)37-29(20-12-13-24(40-3)25(16-20)41-4)27(32(39)42-6-2)28(36-33(37)44-26)19-10-8-7-9-11-19/h1,7-13,15-18,29H,6,14H2,2-4H3/b26-17-/t29-/m1/s1. The Bertz CT molecular complexity index is 1990. The van der Waals surface area contributed by atoms with Crippen LogP contribution in [-0.2, 0) is 9.53 Å². The first kappa shape index (κ1) is 31.8. The first-order chi connectivity index (χ1) is 21.3. The maximum atomic E-state index is 14.3. The van der Waals surface area contributed by atoms with E-state index < -0.39 is 12.0 Å². The summed E-state index contributed by atoms with van der Waals surface area (Å²) in [5.41, 5.74) is 2.40. The van der Waals surface area contributed by atoms with E-state index in [0.717, 1.165) is 12.7 Å². The van der Waals surface area contributed by atoms with Crippen molar-refractivity contribution in [2.75, 3.05) is 27.4 Å². The van der Waals surface area contributed by atoms with Gasteiger partial charge in [0.15, 0.2) is 16.3 Å². The van der Waals surface area contributed by atoms with Crippen LogP contribution in [0, 0.1) is 19.5 Å². The van der Waals surface area contributed by atoms with Crippen LogP contribution in [0.5, 0.6) is 17.2 Å². The van der Waals surface area contributed by atoms with Crippen LogP contribution in [0.1, 0.15) is 29.7 Å². The number of terminal acetylenes is 1. The van der Waals surface area contributed by atoms with E-state index in [4.69, 9.17) is 30.4 Å². The lowest BCUT2D eigenvalue weighted by Gasteiger charge is -2.26.